The van der Waals surface area contributed by atoms with Gasteiger partial charge in [0.2, 0.25) is 5.91 Å². The second-order valence-corrected chi connectivity index (χ2v) is 11.2. The summed E-state index contributed by atoms with van der Waals surface area (Å²) in [6.07, 6.45) is 2.08. The minimum Gasteiger partial charge on any atom is -0.450 e. The summed E-state index contributed by atoms with van der Waals surface area (Å²) in [5.41, 5.74) is 4.33. The van der Waals surface area contributed by atoms with Crippen molar-refractivity contribution in [1.82, 2.24) is 4.90 Å². The molecule has 8 heteroatoms. The standard InChI is InChI=1S/C33H36ClN3O4/c1-4-41-33(40)35-19-17-25(18-20-35)24-9-11-26(12-10-24)32(39)36-22(2)21-31(29-7-5-6-8-30(29)36)37(23(3)38)28-15-13-27(34)14-16-28/h5-16,22,25,31H,4,17-21H2,1-3H3. The first-order chi connectivity index (χ1) is 19.8. The molecule has 2 heterocycles. The number of anilines is 2. The topological polar surface area (TPSA) is 70.2 Å². The van der Waals surface area contributed by atoms with Crippen molar-refractivity contribution in [3.05, 3.63) is 94.5 Å². The van der Waals surface area contributed by atoms with Crippen LogP contribution in [0.1, 0.15) is 73.5 Å². The Labute approximate surface area is 246 Å². The molecule has 3 aromatic rings. The molecule has 0 spiro atoms. The number of benzene rings is 3. The molecule has 1 saturated heterocycles. The molecule has 0 aliphatic carbocycles. The molecule has 2 atom stereocenters. The quantitative estimate of drug-likeness (QED) is 0.323. The average Bonchev–Trinajstić information content (AvgIpc) is 2.98. The first-order valence-corrected chi connectivity index (χ1v) is 14.7. The summed E-state index contributed by atoms with van der Waals surface area (Å²) < 4.78 is 5.13. The number of likely N-dealkylation sites (tertiary alicyclic amines) is 1. The maximum Gasteiger partial charge on any atom is 0.409 e. The zero-order chi connectivity index (χ0) is 29.1. The number of ether oxygens (including phenoxy) is 1. The van der Waals surface area contributed by atoms with Gasteiger partial charge in [-0.05, 0) is 92.6 Å². The van der Waals surface area contributed by atoms with Gasteiger partial charge in [0.15, 0.2) is 0 Å². The Bertz CT molecular complexity index is 1400. The first kappa shape index (κ1) is 28.7. The minimum atomic E-state index is -0.246. The number of piperidine rings is 1. The summed E-state index contributed by atoms with van der Waals surface area (Å²) in [7, 11) is 0. The molecule has 2 aliphatic heterocycles. The molecule has 0 N–H and O–H groups in total. The van der Waals surface area contributed by atoms with Crippen molar-refractivity contribution in [1.29, 1.82) is 0 Å². The largest absolute Gasteiger partial charge is 0.450 e. The number of hydrogen-bond acceptors (Lipinski definition) is 4. The number of rotatable bonds is 5. The van der Waals surface area contributed by atoms with Crippen LogP contribution < -0.4 is 9.80 Å². The second kappa shape index (κ2) is 12.4. The van der Waals surface area contributed by atoms with E-state index in [0.29, 0.717) is 42.6 Å². The van der Waals surface area contributed by atoms with E-state index in [9.17, 15) is 14.4 Å². The first-order valence-electron chi connectivity index (χ1n) is 14.3. The smallest absolute Gasteiger partial charge is 0.409 e. The summed E-state index contributed by atoms with van der Waals surface area (Å²) in [5, 5.41) is 0.611. The van der Waals surface area contributed by atoms with E-state index in [1.807, 2.05) is 79.4 Å². The lowest BCUT2D eigenvalue weighted by molar-refractivity contribution is -0.117. The van der Waals surface area contributed by atoms with Crippen LogP contribution in [0.25, 0.3) is 0 Å². The molecule has 5 rings (SSSR count). The van der Waals surface area contributed by atoms with E-state index in [4.69, 9.17) is 16.3 Å². The van der Waals surface area contributed by atoms with Crippen LogP contribution in [0.2, 0.25) is 5.02 Å². The Morgan fingerprint density at radius 1 is 0.951 bits per heavy atom. The summed E-state index contributed by atoms with van der Waals surface area (Å²) in [6, 6.07) is 22.7. The summed E-state index contributed by atoms with van der Waals surface area (Å²) in [6.45, 7) is 7.14. The highest BCUT2D eigenvalue weighted by atomic mass is 35.5. The molecule has 7 nitrogen and oxygen atoms in total. The van der Waals surface area contributed by atoms with Gasteiger partial charge in [0.05, 0.1) is 12.6 Å². The number of amides is 3. The lowest BCUT2D eigenvalue weighted by Crippen LogP contribution is -2.47. The molecular formula is C33H36ClN3O4. The summed E-state index contributed by atoms with van der Waals surface area (Å²) in [4.78, 5) is 44.3. The van der Waals surface area contributed by atoms with Gasteiger partial charge in [-0.1, -0.05) is 41.9 Å². The fourth-order valence-electron chi connectivity index (χ4n) is 6.17. The fourth-order valence-corrected chi connectivity index (χ4v) is 6.29. The van der Waals surface area contributed by atoms with Crippen LogP contribution in [-0.2, 0) is 9.53 Å². The van der Waals surface area contributed by atoms with Crippen molar-refractivity contribution < 1.29 is 19.1 Å². The number of carbonyl (C=O) groups excluding carboxylic acids is 3. The van der Waals surface area contributed by atoms with Crippen molar-refractivity contribution in [2.24, 2.45) is 0 Å². The third-order valence-corrected chi connectivity index (χ3v) is 8.44. The molecule has 0 bridgehead atoms. The highest BCUT2D eigenvalue weighted by molar-refractivity contribution is 6.30. The van der Waals surface area contributed by atoms with Crippen molar-refractivity contribution in [3.8, 4) is 0 Å². The van der Waals surface area contributed by atoms with Gasteiger partial charge in [-0.25, -0.2) is 4.79 Å². The second-order valence-electron chi connectivity index (χ2n) is 10.8. The Balaban J connectivity index is 1.36. The molecule has 2 aliphatic rings. The molecule has 2 unspecified atom stereocenters. The highest BCUT2D eigenvalue weighted by Gasteiger charge is 2.38. The predicted molar refractivity (Wildman–Crippen MR) is 162 cm³/mol. The highest BCUT2D eigenvalue weighted by Crippen LogP contribution is 2.43. The summed E-state index contributed by atoms with van der Waals surface area (Å²) in [5.74, 6) is 0.210. The number of nitrogens with zero attached hydrogens (tertiary/aromatic N) is 3. The van der Waals surface area contributed by atoms with E-state index >= 15 is 0 Å². The normalized spacial score (nSPS) is 18.9. The third-order valence-electron chi connectivity index (χ3n) is 8.18. The van der Waals surface area contributed by atoms with Gasteiger partial charge in [-0.15, -0.1) is 0 Å². The summed E-state index contributed by atoms with van der Waals surface area (Å²) >= 11 is 6.11. The number of carbonyl (C=O) groups is 3. The van der Waals surface area contributed by atoms with Crippen molar-refractivity contribution in [2.75, 3.05) is 29.5 Å². The fraction of sp³-hybridized carbons (Fsp3) is 0.364. The SMILES string of the molecule is CCOC(=O)N1CCC(c2ccc(C(=O)N3c4ccccc4C(N(C(C)=O)c4ccc(Cl)cc4)CC3C)cc2)CC1. The molecular weight excluding hydrogens is 538 g/mol. The van der Waals surface area contributed by atoms with E-state index in [0.717, 1.165) is 29.8 Å². The molecule has 1 fully saturated rings. The zero-order valence-electron chi connectivity index (χ0n) is 23.8. The Morgan fingerprint density at radius 2 is 1.61 bits per heavy atom. The lowest BCUT2D eigenvalue weighted by atomic mass is 9.88. The molecule has 3 aromatic carbocycles. The average molecular weight is 574 g/mol. The van der Waals surface area contributed by atoms with E-state index in [2.05, 4.69) is 0 Å². The van der Waals surface area contributed by atoms with E-state index in [1.54, 1.807) is 28.9 Å². The molecule has 3 amide bonds. The number of hydrogen-bond donors (Lipinski definition) is 0. The Morgan fingerprint density at radius 3 is 2.24 bits per heavy atom. The van der Waals surface area contributed by atoms with Crippen molar-refractivity contribution in [2.45, 2.75) is 58.0 Å². The van der Waals surface area contributed by atoms with Gasteiger partial charge in [-0.2, -0.15) is 0 Å². The third kappa shape index (κ3) is 5.96. The van der Waals surface area contributed by atoms with Crippen LogP contribution in [-0.4, -0.2) is 48.5 Å². The number of fused-ring (bicyclic) bond motifs is 1. The van der Waals surface area contributed by atoms with Gasteiger partial charge in [0.25, 0.3) is 5.91 Å². The monoisotopic (exact) mass is 573 g/mol. The van der Waals surface area contributed by atoms with E-state index in [1.165, 1.54) is 5.56 Å². The molecule has 0 saturated carbocycles. The number of halogens is 1. The van der Waals surface area contributed by atoms with Crippen LogP contribution in [0, 0.1) is 0 Å². The minimum absolute atomic E-state index is 0.0621. The molecule has 0 aromatic heterocycles. The van der Waals surface area contributed by atoms with Gasteiger partial charge in [-0.3, -0.25) is 9.59 Å². The number of para-hydroxylation sites is 1. The molecule has 0 radical (unpaired) electrons. The van der Waals surface area contributed by atoms with Gasteiger partial charge < -0.3 is 19.4 Å². The zero-order valence-corrected chi connectivity index (χ0v) is 24.5. The van der Waals surface area contributed by atoms with Crippen LogP contribution in [0.3, 0.4) is 0 Å². The van der Waals surface area contributed by atoms with Crippen LogP contribution in [0.5, 0.6) is 0 Å². The van der Waals surface area contributed by atoms with Gasteiger partial charge in [0, 0.05) is 48.0 Å². The molecule has 41 heavy (non-hydrogen) atoms. The molecule has 214 valence electrons. The maximum atomic E-state index is 13.9. The van der Waals surface area contributed by atoms with Gasteiger partial charge in [0.1, 0.15) is 0 Å². The maximum absolute atomic E-state index is 13.9. The van der Waals surface area contributed by atoms with Crippen LogP contribution >= 0.6 is 11.6 Å². The Hall–Kier alpha value is -3.84. The van der Waals surface area contributed by atoms with Crippen molar-refractivity contribution >= 4 is 40.9 Å². The van der Waals surface area contributed by atoms with Crippen LogP contribution in [0.4, 0.5) is 16.2 Å². The van der Waals surface area contributed by atoms with Crippen LogP contribution in [0.15, 0.2) is 72.8 Å². The van der Waals surface area contributed by atoms with Gasteiger partial charge >= 0.3 is 6.09 Å². The van der Waals surface area contributed by atoms with E-state index < -0.39 is 0 Å². The lowest BCUT2D eigenvalue weighted by Gasteiger charge is -2.43. The predicted octanol–water partition coefficient (Wildman–Crippen LogP) is 7.21. The Kier molecular flexibility index (Phi) is 8.64. The van der Waals surface area contributed by atoms with E-state index in [-0.39, 0.29) is 30.0 Å². The van der Waals surface area contributed by atoms with Crippen molar-refractivity contribution in [3.63, 3.8) is 0 Å².